The highest BCUT2D eigenvalue weighted by Gasteiger charge is 2.25. The van der Waals surface area contributed by atoms with Gasteiger partial charge >= 0.3 is 12.1 Å². The first kappa shape index (κ1) is 22.2. The predicted octanol–water partition coefficient (Wildman–Crippen LogP) is 4.86. The van der Waals surface area contributed by atoms with E-state index in [2.05, 4.69) is 10.6 Å². The maximum atomic E-state index is 12.5. The Morgan fingerprint density at radius 2 is 1.84 bits per heavy atom. The second-order valence-corrected chi connectivity index (χ2v) is 8.55. The van der Waals surface area contributed by atoms with Gasteiger partial charge in [-0.25, -0.2) is 9.59 Å². The zero-order valence-corrected chi connectivity index (χ0v) is 18.6. The van der Waals surface area contributed by atoms with Crippen LogP contribution in [-0.4, -0.2) is 30.8 Å². The number of carbonyl (C=O) groups is 2. The van der Waals surface area contributed by atoms with Gasteiger partial charge in [-0.15, -0.1) is 0 Å². The number of nitrogens with one attached hydrogen (secondary N) is 2. The lowest BCUT2D eigenvalue weighted by atomic mass is 9.96. The Morgan fingerprint density at radius 1 is 1.09 bits per heavy atom. The van der Waals surface area contributed by atoms with Crippen molar-refractivity contribution in [1.29, 1.82) is 0 Å². The summed E-state index contributed by atoms with van der Waals surface area (Å²) in [5.74, 6) is 0.144. The highest BCUT2D eigenvalue weighted by molar-refractivity contribution is 6.32. The molecule has 0 aromatic heterocycles. The van der Waals surface area contributed by atoms with E-state index in [0.717, 1.165) is 42.5 Å². The molecule has 6 nitrogen and oxygen atoms in total. The number of halogens is 1. The van der Waals surface area contributed by atoms with E-state index in [9.17, 15) is 9.59 Å². The molecule has 0 spiro atoms. The molecule has 1 aliphatic heterocycles. The maximum absolute atomic E-state index is 12.5. The number of ether oxygens (including phenoxy) is 2. The summed E-state index contributed by atoms with van der Waals surface area (Å²) in [7, 11) is 0. The second-order valence-electron chi connectivity index (χ2n) is 8.14. The van der Waals surface area contributed by atoms with Crippen molar-refractivity contribution in [1.82, 2.24) is 10.6 Å². The third kappa shape index (κ3) is 5.82. The monoisotopic (exact) mass is 454 g/mol. The molecule has 7 heteroatoms. The van der Waals surface area contributed by atoms with Crippen molar-refractivity contribution in [2.75, 3.05) is 6.61 Å². The van der Waals surface area contributed by atoms with Gasteiger partial charge in [0.2, 0.25) is 0 Å². The van der Waals surface area contributed by atoms with Gasteiger partial charge in [0.15, 0.2) is 0 Å². The van der Waals surface area contributed by atoms with E-state index in [1.54, 1.807) is 12.1 Å². The summed E-state index contributed by atoms with van der Waals surface area (Å²) in [5, 5.41) is 6.81. The molecule has 2 aromatic carbocycles. The minimum absolute atomic E-state index is 0.186. The molecule has 2 aliphatic rings. The first-order valence-corrected chi connectivity index (χ1v) is 11.4. The lowest BCUT2D eigenvalue weighted by molar-refractivity contribution is -0.144. The average molecular weight is 455 g/mol. The van der Waals surface area contributed by atoms with Gasteiger partial charge in [0.1, 0.15) is 18.4 Å². The SMILES string of the molecule is O=C(NC1CCCCC1)Oc1ccc(CC2NC(c3ccccc3Cl)=CCOC2=O)cc1. The minimum Gasteiger partial charge on any atom is -0.460 e. The summed E-state index contributed by atoms with van der Waals surface area (Å²) in [5.41, 5.74) is 2.51. The molecular formula is C25H27ClN2O4. The number of hydrogen-bond acceptors (Lipinski definition) is 5. The highest BCUT2D eigenvalue weighted by atomic mass is 35.5. The van der Waals surface area contributed by atoms with Gasteiger partial charge in [0.25, 0.3) is 0 Å². The molecule has 32 heavy (non-hydrogen) atoms. The van der Waals surface area contributed by atoms with Crippen LogP contribution in [-0.2, 0) is 16.0 Å². The smallest absolute Gasteiger partial charge is 0.412 e. The largest absolute Gasteiger partial charge is 0.460 e. The van der Waals surface area contributed by atoms with Crippen LogP contribution in [0.25, 0.3) is 5.70 Å². The summed E-state index contributed by atoms with van der Waals surface area (Å²) >= 11 is 6.32. The number of benzene rings is 2. The number of hydrogen-bond donors (Lipinski definition) is 2. The van der Waals surface area contributed by atoms with Gasteiger partial charge in [-0.05, 0) is 42.7 Å². The van der Waals surface area contributed by atoms with E-state index in [1.165, 1.54) is 6.42 Å². The molecule has 1 atom stereocenters. The fraction of sp³-hybridized carbons (Fsp3) is 0.360. The van der Waals surface area contributed by atoms with Crippen LogP contribution in [0.4, 0.5) is 4.79 Å². The number of cyclic esters (lactones) is 1. The molecular weight excluding hydrogens is 428 g/mol. The zero-order chi connectivity index (χ0) is 22.3. The van der Waals surface area contributed by atoms with E-state index in [1.807, 2.05) is 42.5 Å². The Morgan fingerprint density at radius 3 is 2.59 bits per heavy atom. The normalized spacial score (nSPS) is 19.2. The van der Waals surface area contributed by atoms with Crippen LogP contribution >= 0.6 is 11.6 Å². The zero-order valence-electron chi connectivity index (χ0n) is 17.8. The lowest BCUT2D eigenvalue weighted by Gasteiger charge is -2.22. The summed E-state index contributed by atoms with van der Waals surface area (Å²) in [6.07, 6.45) is 7.35. The van der Waals surface area contributed by atoms with Gasteiger partial charge < -0.3 is 20.1 Å². The number of amides is 1. The van der Waals surface area contributed by atoms with Crippen molar-refractivity contribution < 1.29 is 19.1 Å². The van der Waals surface area contributed by atoms with Crippen molar-refractivity contribution in [3.63, 3.8) is 0 Å². The molecule has 2 N–H and O–H groups in total. The van der Waals surface area contributed by atoms with Crippen molar-refractivity contribution in [2.45, 2.75) is 50.6 Å². The summed E-state index contributed by atoms with van der Waals surface area (Å²) < 4.78 is 10.7. The standard InChI is InChI=1S/C25H27ClN2O4/c26-21-9-5-4-8-20(21)22-14-15-31-24(29)23(28-22)16-17-10-12-19(13-11-17)32-25(30)27-18-6-2-1-3-7-18/h4-5,8-14,18,23,28H,1-3,6-7,15-16H2,(H,27,30). The van der Waals surface area contributed by atoms with Crippen molar-refractivity contribution >= 4 is 29.4 Å². The van der Waals surface area contributed by atoms with Crippen LogP contribution in [0, 0.1) is 0 Å². The van der Waals surface area contributed by atoms with Gasteiger partial charge in [-0.1, -0.05) is 61.2 Å². The molecule has 0 bridgehead atoms. The van der Waals surface area contributed by atoms with Crippen molar-refractivity contribution in [2.24, 2.45) is 0 Å². The predicted molar refractivity (Wildman–Crippen MR) is 123 cm³/mol. The Bertz CT molecular complexity index is 984. The van der Waals surface area contributed by atoms with Crippen LogP contribution in [0.5, 0.6) is 5.75 Å². The molecule has 168 valence electrons. The van der Waals surface area contributed by atoms with E-state index < -0.39 is 12.1 Å². The quantitative estimate of drug-likeness (QED) is 0.631. The molecule has 0 radical (unpaired) electrons. The van der Waals surface area contributed by atoms with Crippen LogP contribution in [0.2, 0.25) is 5.02 Å². The molecule has 1 heterocycles. The van der Waals surface area contributed by atoms with Crippen LogP contribution < -0.4 is 15.4 Å². The van der Waals surface area contributed by atoms with E-state index in [0.29, 0.717) is 17.2 Å². The van der Waals surface area contributed by atoms with Gasteiger partial charge in [0, 0.05) is 28.7 Å². The van der Waals surface area contributed by atoms with Crippen molar-refractivity contribution in [3.8, 4) is 5.75 Å². The highest BCUT2D eigenvalue weighted by Crippen LogP contribution is 2.24. The fourth-order valence-corrected chi connectivity index (χ4v) is 4.33. The van der Waals surface area contributed by atoms with E-state index in [-0.39, 0.29) is 18.6 Å². The van der Waals surface area contributed by atoms with E-state index in [4.69, 9.17) is 21.1 Å². The first-order chi connectivity index (χ1) is 15.6. The molecule has 1 aliphatic carbocycles. The number of esters is 1. The van der Waals surface area contributed by atoms with E-state index >= 15 is 0 Å². The van der Waals surface area contributed by atoms with Crippen LogP contribution in [0.15, 0.2) is 54.6 Å². The molecule has 0 saturated heterocycles. The van der Waals surface area contributed by atoms with Crippen LogP contribution in [0.3, 0.4) is 0 Å². The van der Waals surface area contributed by atoms with Gasteiger partial charge in [-0.3, -0.25) is 0 Å². The average Bonchev–Trinajstić information content (AvgIpc) is 2.97. The Labute approximate surface area is 192 Å². The maximum Gasteiger partial charge on any atom is 0.412 e. The first-order valence-electron chi connectivity index (χ1n) is 11.0. The van der Waals surface area contributed by atoms with Crippen molar-refractivity contribution in [3.05, 3.63) is 70.8 Å². The summed E-state index contributed by atoms with van der Waals surface area (Å²) in [4.78, 5) is 24.6. The third-order valence-corrected chi connectivity index (χ3v) is 6.12. The molecule has 4 rings (SSSR count). The second kappa shape index (κ2) is 10.6. The van der Waals surface area contributed by atoms with Crippen LogP contribution in [0.1, 0.15) is 43.2 Å². The molecule has 1 unspecified atom stereocenters. The summed E-state index contributed by atoms with van der Waals surface area (Å²) in [6.45, 7) is 0.186. The van der Waals surface area contributed by atoms with Gasteiger partial charge in [-0.2, -0.15) is 0 Å². The molecule has 2 aromatic rings. The molecule has 1 saturated carbocycles. The topological polar surface area (TPSA) is 76.7 Å². The number of rotatable bonds is 5. The third-order valence-electron chi connectivity index (χ3n) is 5.79. The summed E-state index contributed by atoms with van der Waals surface area (Å²) in [6, 6.07) is 14.3. The van der Waals surface area contributed by atoms with Gasteiger partial charge in [0.05, 0.1) is 0 Å². The Hall–Kier alpha value is -2.99. The number of carbonyl (C=O) groups excluding carboxylic acids is 2. The molecule has 1 amide bonds. The Balaban J connectivity index is 1.36. The Kier molecular flexibility index (Phi) is 7.32. The fourth-order valence-electron chi connectivity index (χ4n) is 4.09. The minimum atomic E-state index is -0.554. The lowest BCUT2D eigenvalue weighted by Crippen LogP contribution is -2.38. The molecule has 1 fully saturated rings.